The monoisotopic (exact) mass is 378 g/mol. The average Bonchev–Trinajstić information content (AvgIpc) is 2.69. The molecule has 0 aromatic heterocycles. The topological polar surface area (TPSA) is 79.2 Å². The highest BCUT2D eigenvalue weighted by atomic mass is 32.2. The number of rotatable bonds is 6. The van der Waals surface area contributed by atoms with Crippen molar-refractivity contribution in [2.24, 2.45) is 0 Å². The molecule has 6 heteroatoms. The predicted molar refractivity (Wildman–Crippen MR) is 104 cm³/mol. The second-order valence-electron chi connectivity index (χ2n) is 5.90. The van der Waals surface area contributed by atoms with Gasteiger partial charge >= 0.3 is 0 Å². The summed E-state index contributed by atoms with van der Waals surface area (Å²) in [6.45, 7) is 0. The lowest BCUT2D eigenvalue weighted by atomic mass is 10.0. The molecule has 0 saturated carbocycles. The molecule has 0 fully saturated rings. The lowest BCUT2D eigenvalue weighted by Crippen LogP contribution is -2.14. The maximum Gasteiger partial charge on any atom is 0.263 e. The van der Waals surface area contributed by atoms with Gasteiger partial charge in [0.05, 0.1) is 12.7 Å². The smallest absolute Gasteiger partial charge is 0.263 e. The summed E-state index contributed by atoms with van der Waals surface area (Å²) in [7, 11) is -2.30. The van der Waals surface area contributed by atoms with E-state index in [-0.39, 0.29) is 10.5 Å². The number of nitrogens with one attached hydrogen (secondary N) is 1. The van der Waals surface area contributed by atoms with E-state index in [0.717, 1.165) is 11.1 Å². The van der Waals surface area contributed by atoms with Gasteiger partial charge in [-0.25, -0.2) is 8.42 Å². The fourth-order valence-corrected chi connectivity index (χ4v) is 4.01. The number of sulfonamides is 1. The number of anilines is 1. The van der Waals surface area contributed by atoms with E-state index in [2.05, 4.69) is 4.72 Å². The second-order valence-corrected chi connectivity index (χ2v) is 7.55. The van der Waals surface area contributed by atoms with Crippen molar-refractivity contribution in [2.75, 3.05) is 11.8 Å². The Morgan fingerprint density at radius 1 is 1.00 bits per heavy atom. The molecule has 3 aromatic rings. The molecule has 0 saturated heterocycles. The molecule has 0 radical (unpaired) electrons. The van der Waals surface area contributed by atoms with Crippen molar-refractivity contribution >= 4 is 15.7 Å². The number of nitriles is 1. The molecule has 0 unspecified atom stereocenters. The quantitative estimate of drug-likeness (QED) is 0.704. The van der Waals surface area contributed by atoms with E-state index in [1.165, 1.54) is 12.1 Å². The fraction of sp³-hybridized carbons (Fsp3) is 0.0952. The maximum absolute atomic E-state index is 12.7. The fourth-order valence-electron chi connectivity index (χ4n) is 2.80. The summed E-state index contributed by atoms with van der Waals surface area (Å²) in [5, 5.41) is 9.17. The SMILES string of the molecule is COc1ccc(NS(=O)(=O)c2ccccc2C#N)cc1Cc1ccccc1. The van der Waals surface area contributed by atoms with Crippen LogP contribution in [0.4, 0.5) is 5.69 Å². The Morgan fingerprint density at radius 2 is 1.70 bits per heavy atom. The van der Waals surface area contributed by atoms with Crippen LogP contribution in [0.5, 0.6) is 5.75 Å². The van der Waals surface area contributed by atoms with E-state index in [9.17, 15) is 8.42 Å². The van der Waals surface area contributed by atoms with Crippen LogP contribution in [-0.2, 0) is 16.4 Å². The minimum Gasteiger partial charge on any atom is -0.496 e. The molecule has 0 bridgehead atoms. The molecule has 0 aliphatic heterocycles. The Labute approximate surface area is 158 Å². The van der Waals surface area contributed by atoms with Crippen LogP contribution < -0.4 is 9.46 Å². The van der Waals surface area contributed by atoms with Crippen molar-refractivity contribution in [1.82, 2.24) is 0 Å². The zero-order chi connectivity index (χ0) is 19.3. The molecule has 1 N–H and O–H groups in total. The molecule has 3 rings (SSSR count). The van der Waals surface area contributed by atoms with Gasteiger partial charge < -0.3 is 4.74 Å². The maximum atomic E-state index is 12.7. The summed E-state index contributed by atoms with van der Waals surface area (Å²) in [6.07, 6.45) is 0.606. The molecular formula is C21H18N2O3S. The van der Waals surface area contributed by atoms with E-state index < -0.39 is 10.0 Å². The highest BCUT2D eigenvalue weighted by molar-refractivity contribution is 7.92. The highest BCUT2D eigenvalue weighted by Gasteiger charge is 2.19. The molecule has 136 valence electrons. The molecule has 0 aliphatic rings. The van der Waals surface area contributed by atoms with Crippen LogP contribution in [-0.4, -0.2) is 15.5 Å². The van der Waals surface area contributed by atoms with Gasteiger partial charge in [-0.1, -0.05) is 42.5 Å². The summed E-state index contributed by atoms with van der Waals surface area (Å²) in [4.78, 5) is -0.0482. The first-order valence-corrected chi connectivity index (χ1v) is 9.74. The molecule has 0 amide bonds. The zero-order valence-corrected chi connectivity index (χ0v) is 15.5. The third-order valence-corrected chi connectivity index (χ3v) is 5.51. The van der Waals surface area contributed by atoms with E-state index in [0.29, 0.717) is 17.9 Å². The van der Waals surface area contributed by atoms with Gasteiger partial charge in [-0.2, -0.15) is 5.26 Å². The molecule has 0 atom stereocenters. The second kappa shape index (κ2) is 7.94. The number of methoxy groups -OCH3 is 1. The van der Waals surface area contributed by atoms with Crippen LogP contribution >= 0.6 is 0 Å². The average molecular weight is 378 g/mol. The van der Waals surface area contributed by atoms with Crippen LogP contribution in [0.25, 0.3) is 0 Å². The Morgan fingerprint density at radius 3 is 2.41 bits per heavy atom. The largest absolute Gasteiger partial charge is 0.496 e. The van der Waals surface area contributed by atoms with Crippen LogP contribution in [0.15, 0.2) is 77.7 Å². The molecular weight excluding hydrogens is 360 g/mol. The van der Waals surface area contributed by atoms with Gasteiger partial charge in [0.2, 0.25) is 0 Å². The van der Waals surface area contributed by atoms with Gasteiger partial charge in [0.25, 0.3) is 10.0 Å². The summed E-state index contributed by atoms with van der Waals surface area (Å²) >= 11 is 0. The lowest BCUT2D eigenvalue weighted by molar-refractivity contribution is 0.410. The zero-order valence-electron chi connectivity index (χ0n) is 14.7. The Kier molecular flexibility index (Phi) is 5.43. The molecule has 5 nitrogen and oxygen atoms in total. The Bertz CT molecular complexity index is 1090. The van der Waals surface area contributed by atoms with Gasteiger partial charge in [0, 0.05) is 17.7 Å². The van der Waals surface area contributed by atoms with Gasteiger partial charge in [-0.05, 0) is 35.9 Å². The van der Waals surface area contributed by atoms with Crippen molar-refractivity contribution in [3.63, 3.8) is 0 Å². The van der Waals surface area contributed by atoms with E-state index in [4.69, 9.17) is 10.00 Å². The Balaban J connectivity index is 1.93. The van der Waals surface area contributed by atoms with Crippen LogP contribution in [0, 0.1) is 11.3 Å². The Hall–Kier alpha value is -3.30. The minimum absolute atomic E-state index is 0.0482. The van der Waals surface area contributed by atoms with E-state index >= 15 is 0 Å². The van der Waals surface area contributed by atoms with Crippen molar-refractivity contribution in [3.05, 3.63) is 89.5 Å². The minimum atomic E-state index is -3.88. The number of hydrogen-bond donors (Lipinski definition) is 1. The highest BCUT2D eigenvalue weighted by Crippen LogP contribution is 2.27. The van der Waals surface area contributed by atoms with E-state index in [1.54, 1.807) is 37.4 Å². The van der Waals surface area contributed by atoms with Crippen molar-refractivity contribution < 1.29 is 13.2 Å². The number of nitrogens with zero attached hydrogens (tertiary/aromatic N) is 1. The standard InChI is InChI=1S/C21H18N2O3S/c1-26-20-12-11-19(14-18(20)13-16-7-3-2-4-8-16)23-27(24,25)21-10-6-5-9-17(21)15-22/h2-12,14,23H,13H2,1H3. The summed E-state index contributed by atoms with van der Waals surface area (Å²) in [5.41, 5.74) is 2.46. The molecule has 0 spiro atoms. The van der Waals surface area contributed by atoms with E-state index in [1.807, 2.05) is 36.4 Å². The number of benzene rings is 3. The van der Waals surface area contributed by atoms with Crippen LogP contribution in [0.1, 0.15) is 16.7 Å². The van der Waals surface area contributed by atoms with Gasteiger partial charge in [0.1, 0.15) is 16.7 Å². The molecule has 3 aromatic carbocycles. The van der Waals surface area contributed by atoms with Gasteiger partial charge in [0.15, 0.2) is 0 Å². The first-order chi connectivity index (χ1) is 13.0. The van der Waals surface area contributed by atoms with Gasteiger partial charge in [-0.15, -0.1) is 0 Å². The summed E-state index contributed by atoms with van der Waals surface area (Å²) in [5.74, 6) is 0.680. The van der Waals surface area contributed by atoms with Crippen molar-refractivity contribution in [1.29, 1.82) is 5.26 Å². The van der Waals surface area contributed by atoms with Crippen molar-refractivity contribution in [2.45, 2.75) is 11.3 Å². The van der Waals surface area contributed by atoms with Crippen molar-refractivity contribution in [3.8, 4) is 11.8 Å². The molecule has 0 aliphatic carbocycles. The predicted octanol–water partition coefficient (Wildman–Crippen LogP) is 3.96. The first kappa shape index (κ1) is 18.5. The molecule has 27 heavy (non-hydrogen) atoms. The normalized spacial score (nSPS) is 10.8. The first-order valence-electron chi connectivity index (χ1n) is 8.26. The number of hydrogen-bond acceptors (Lipinski definition) is 4. The third kappa shape index (κ3) is 4.27. The van der Waals surface area contributed by atoms with Crippen LogP contribution in [0.2, 0.25) is 0 Å². The third-order valence-electron chi connectivity index (χ3n) is 4.07. The molecule has 0 heterocycles. The summed E-state index contributed by atoms with van der Waals surface area (Å²) < 4.78 is 33.4. The number of ether oxygens (including phenoxy) is 1. The summed E-state index contributed by atoms with van der Waals surface area (Å²) in [6, 6.07) is 23.0. The lowest BCUT2D eigenvalue weighted by Gasteiger charge is -2.13. The van der Waals surface area contributed by atoms with Gasteiger partial charge in [-0.3, -0.25) is 4.72 Å². The van der Waals surface area contributed by atoms with Crippen LogP contribution in [0.3, 0.4) is 0 Å².